The molecule has 0 bridgehead atoms. The predicted molar refractivity (Wildman–Crippen MR) is 130 cm³/mol. The van der Waals surface area contributed by atoms with Crippen LogP contribution in [0.2, 0.25) is 0 Å². The van der Waals surface area contributed by atoms with E-state index in [-0.39, 0.29) is 36.6 Å². The third-order valence-electron chi connectivity index (χ3n) is 7.38. The van der Waals surface area contributed by atoms with Gasteiger partial charge in [0.2, 0.25) is 0 Å². The number of benzene rings is 1. The second-order valence-electron chi connectivity index (χ2n) is 9.82. The van der Waals surface area contributed by atoms with Crippen LogP contribution < -0.4 is 0 Å². The number of ether oxygens (including phenoxy) is 4. The fraction of sp³-hybridized carbons (Fsp3) is 0.679. The van der Waals surface area contributed by atoms with E-state index < -0.39 is 6.10 Å². The van der Waals surface area contributed by atoms with E-state index in [0.717, 1.165) is 76.4 Å². The van der Waals surface area contributed by atoms with Gasteiger partial charge in [0, 0.05) is 26.1 Å². The summed E-state index contributed by atoms with van der Waals surface area (Å²) in [4.78, 5) is 11.4. The second kappa shape index (κ2) is 13.5. The minimum Gasteiger partial charge on any atom is -0.393 e. The molecule has 1 N–H and O–H groups in total. The molecule has 34 heavy (non-hydrogen) atoms. The Kier molecular flexibility index (Phi) is 10.1. The second-order valence-corrected chi connectivity index (χ2v) is 9.82. The maximum Gasteiger partial charge on any atom is 0.158 e. The van der Waals surface area contributed by atoms with Gasteiger partial charge in [0.1, 0.15) is 6.29 Å². The molecule has 2 saturated heterocycles. The van der Waals surface area contributed by atoms with Gasteiger partial charge in [-0.3, -0.25) is 0 Å². The summed E-state index contributed by atoms with van der Waals surface area (Å²) in [6.07, 6.45) is 12.7. The van der Waals surface area contributed by atoms with Gasteiger partial charge in [-0.1, -0.05) is 42.5 Å². The summed E-state index contributed by atoms with van der Waals surface area (Å²) in [5.41, 5.74) is 1.13. The average molecular weight is 473 g/mol. The first-order valence-electron chi connectivity index (χ1n) is 13.1. The Balaban J connectivity index is 1.42. The number of rotatable bonds is 11. The van der Waals surface area contributed by atoms with Crippen molar-refractivity contribution in [2.24, 2.45) is 11.8 Å². The van der Waals surface area contributed by atoms with Crippen LogP contribution in [0.1, 0.15) is 69.8 Å². The molecule has 4 rings (SSSR count). The molecule has 2 aliphatic heterocycles. The van der Waals surface area contributed by atoms with Crippen LogP contribution in [0.25, 0.3) is 6.08 Å². The Morgan fingerprint density at radius 3 is 2.41 bits per heavy atom. The van der Waals surface area contributed by atoms with E-state index in [0.29, 0.717) is 12.8 Å². The number of hydrogen-bond acceptors (Lipinski definition) is 6. The maximum absolute atomic E-state index is 11.4. The Morgan fingerprint density at radius 2 is 1.74 bits per heavy atom. The van der Waals surface area contributed by atoms with Crippen molar-refractivity contribution >= 4 is 12.4 Å². The van der Waals surface area contributed by atoms with Crippen molar-refractivity contribution in [1.82, 2.24) is 0 Å². The Bertz CT molecular complexity index is 741. The van der Waals surface area contributed by atoms with Crippen LogP contribution in [0.4, 0.5) is 0 Å². The first-order valence-corrected chi connectivity index (χ1v) is 13.1. The molecule has 6 heteroatoms. The molecule has 0 amide bonds. The highest BCUT2D eigenvalue weighted by Gasteiger charge is 2.44. The fourth-order valence-electron chi connectivity index (χ4n) is 5.52. The van der Waals surface area contributed by atoms with Crippen molar-refractivity contribution in [2.45, 2.75) is 95.1 Å². The van der Waals surface area contributed by atoms with Gasteiger partial charge < -0.3 is 28.8 Å². The SMILES string of the molecule is O=CC[C@H]1C(O)C[C@@H](OC2CCCCO2)[C@@H]1CCC(/C=C\c1ccccc1)OC1CCCCO1. The van der Waals surface area contributed by atoms with E-state index in [4.69, 9.17) is 18.9 Å². The van der Waals surface area contributed by atoms with Crippen LogP contribution in [0.5, 0.6) is 0 Å². The lowest BCUT2D eigenvalue weighted by molar-refractivity contribution is -0.198. The first kappa shape index (κ1) is 25.5. The molecular formula is C28H40O6. The molecule has 188 valence electrons. The Morgan fingerprint density at radius 1 is 1.00 bits per heavy atom. The van der Waals surface area contributed by atoms with Gasteiger partial charge in [-0.25, -0.2) is 0 Å². The zero-order valence-electron chi connectivity index (χ0n) is 20.1. The molecule has 7 atom stereocenters. The molecule has 4 unspecified atom stereocenters. The molecule has 1 saturated carbocycles. The summed E-state index contributed by atoms with van der Waals surface area (Å²) < 4.78 is 24.4. The number of carbonyl (C=O) groups excluding carboxylic acids is 1. The summed E-state index contributed by atoms with van der Waals surface area (Å²) in [5.74, 6) is 0.00463. The van der Waals surface area contributed by atoms with Crippen LogP contribution in [-0.2, 0) is 23.7 Å². The van der Waals surface area contributed by atoms with E-state index in [1.807, 2.05) is 18.2 Å². The van der Waals surface area contributed by atoms with Crippen molar-refractivity contribution in [3.05, 3.63) is 42.0 Å². The molecule has 3 aliphatic rings. The van der Waals surface area contributed by atoms with E-state index in [2.05, 4.69) is 24.3 Å². The monoisotopic (exact) mass is 472 g/mol. The molecule has 1 aliphatic carbocycles. The van der Waals surface area contributed by atoms with Crippen molar-refractivity contribution in [3.8, 4) is 0 Å². The highest BCUT2D eigenvalue weighted by molar-refractivity contribution is 5.50. The molecule has 6 nitrogen and oxygen atoms in total. The van der Waals surface area contributed by atoms with Crippen molar-refractivity contribution in [3.63, 3.8) is 0 Å². The standard InChI is InChI=1S/C28H40O6/c29-17-16-23-24(26(20-25(23)30)34-28-11-5-7-19-32-28)15-14-22(33-27-10-4-6-18-31-27)13-12-21-8-2-1-3-9-21/h1-3,8-9,12-13,17,22-28,30H,4-7,10-11,14-16,18-20H2/b13-12-/t22?,23-,24-,25?,26-,27?,28?/m1/s1. The molecule has 0 spiro atoms. The van der Waals surface area contributed by atoms with Gasteiger partial charge in [-0.15, -0.1) is 0 Å². The third-order valence-corrected chi connectivity index (χ3v) is 7.38. The highest BCUT2D eigenvalue weighted by atomic mass is 16.7. The van der Waals surface area contributed by atoms with Gasteiger partial charge in [-0.05, 0) is 68.8 Å². The van der Waals surface area contributed by atoms with E-state index >= 15 is 0 Å². The molecule has 3 fully saturated rings. The molecule has 1 aromatic carbocycles. The van der Waals surface area contributed by atoms with Crippen molar-refractivity contribution in [1.29, 1.82) is 0 Å². The van der Waals surface area contributed by atoms with Gasteiger partial charge in [0.25, 0.3) is 0 Å². The van der Waals surface area contributed by atoms with Crippen molar-refractivity contribution in [2.75, 3.05) is 13.2 Å². The van der Waals surface area contributed by atoms with Gasteiger partial charge in [-0.2, -0.15) is 0 Å². The van der Waals surface area contributed by atoms with Crippen LogP contribution in [0.3, 0.4) is 0 Å². The number of carbonyl (C=O) groups is 1. The van der Waals surface area contributed by atoms with Gasteiger partial charge in [0.15, 0.2) is 12.6 Å². The molecular weight excluding hydrogens is 432 g/mol. The van der Waals surface area contributed by atoms with E-state index in [1.165, 1.54) is 0 Å². The largest absolute Gasteiger partial charge is 0.393 e. The summed E-state index contributed by atoms with van der Waals surface area (Å²) in [6.45, 7) is 1.47. The quantitative estimate of drug-likeness (QED) is 0.462. The topological polar surface area (TPSA) is 74.2 Å². The number of hydrogen-bond donors (Lipinski definition) is 1. The van der Waals surface area contributed by atoms with Crippen LogP contribution in [0.15, 0.2) is 36.4 Å². The van der Waals surface area contributed by atoms with Crippen LogP contribution in [-0.4, -0.2) is 55.5 Å². The first-order chi connectivity index (χ1) is 16.7. The van der Waals surface area contributed by atoms with Gasteiger partial charge >= 0.3 is 0 Å². The molecule has 0 aromatic heterocycles. The summed E-state index contributed by atoms with van der Waals surface area (Å²) in [7, 11) is 0. The zero-order chi connectivity index (χ0) is 23.6. The maximum atomic E-state index is 11.4. The summed E-state index contributed by atoms with van der Waals surface area (Å²) in [6, 6.07) is 10.2. The molecule has 0 radical (unpaired) electrons. The average Bonchev–Trinajstić information content (AvgIpc) is 3.16. The fourth-order valence-corrected chi connectivity index (χ4v) is 5.52. The predicted octanol–water partition coefficient (Wildman–Crippen LogP) is 4.89. The van der Waals surface area contributed by atoms with Crippen LogP contribution >= 0.6 is 0 Å². The van der Waals surface area contributed by atoms with Crippen LogP contribution in [0, 0.1) is 11.8 Å². The molecule has 2 heterocycles. The summed E-state index contributed by atoms with van der Waals surface area (Å²) >= 11 is 0. The lowest BCUT2D eigenvalue weighted by Crippen LogP contribution is -2.32. The number of aldehydes is 1. The van der Waals surface area contributed by atoms with E-state index in [1.54, 1.807) is 0 Å². The smallest absolute Gasteiger partial charge is 0.158 e. The summed E-state index contributed by atoms with van der Waals surface area (Å²) in [5, 5.41) is 10.7. The Hall–Kier alpha value is -1.57. The third kappa shape index (κ3) is 7.46. The Labute approximate surface area is 203 Å². The lowest BCUT2D eigenvalue weighted by atomic mass is 9.86. The number of aliphatic hydroxyl groups is 1. The number of aliphatic hydroxyl groups excluding tert-OH is 1. The highest BCUT2D eigenvalue weighted by Crippen LogP contribution is 2.41. The van der Waals surface area contributed by atoms with E-state index in [9.17, 15) is 9.90 Å². The lowest BCUT2D eigenvalue weighted by Gasteiger charge is -2.31. The minimum atomic E-state index is -0.523. The minimum absolute atomic E-state index is 0.0872. The molecule has 1 aromatic rings. The van der Waals surface area contributed by atoms with Crippen molar-refractivity contribution < 1.29 is 28.8 Å². The normalized spacial score (nSPS) is 33.2. The van der Waals surface area contributed by atoms with Gasteiger partial charge in [0.05, 0.1) is 18.3 Å². The zero-order valence-corrected chi connectivity index (χ0v) is 20.1.